The van der Waals surface area contributed by atoms with E-state index in [1.54, 1.807) is 24.4 Å². The van der Waals surface area contributed by atoms with Crippen molar-refractivity contribution in [1.82, 2.24) is 9.66 Å². The molecule has 1 atom stereocenters. The van der Waals surface area contributed by atoms with E-state index in [4.69, 9.17) is 19.6 Å². The molecule has 1 N–H and O–H groups in total. The second-order valence-corrected chi connectivity index (χ2v) is 8.83. The van der Waals surface area contributed by atoms with Gasteiger partial charge >= 0.3 is 5.97 Å². The van der Waals surface area contributed by atoms with Gasteiger partial charge in [-0.2, -0.15) is 9.78 Å². The van der Waals surface area contributed by atoms with Gasteiger partial charge in [-0.05, 0) is 55.7 Å². The fourth-order valence-electron chi connectivity index (χ4n) is 3.53. The summed E-state index contributed by atoms with van der Waals surface area (Å²) in [5.41, 5.74) is 1.71. The van der Waals surface area contributed by atoms with E-state index < -0.39 is 12.6 Å². The number of allylic oxidation sites excluding steroid dienone is 1. The molecule has 9 heteroatoms. The molecule has 8 nitrogen and oxygen atoms in total. The predicted octanol–water partition coefficient (Wildman–Crippen LogP) is 5.15. The summed E-state index contributed by atoms with van der Waals surface area (Å²) < 4.78 is 13.4. The van der Waals surface area contributed by atoms with Crippen LogP contribution in [0.15, 0.2) is 57.4 Å². The Morgan fingerprint density at radius 3 is 2.71 bits per heavy atom. The molecular formula is C26H28BrN3O5. The monoisotopic (exact) mass is 541 g/mol. The highest BCUT2D eigenvalue weighted by molar-refractivity contribution is 9.10. The third-order valence-electron chi connectivity index (χ3n) is 5.37. The maximum atomic E-state index is 13.4. The highest BCUT2D eigenvalue weighted by atomic mass is 79.9. The van der Waals surface area contributed by atoms with Gasteiger partial charge in [0.05, 0.1) is 23.7 Å². The van der Waals surface area contributed by atoms with E-state index in [-0.39, 0.29) is 11.5 Å². The SMILES string of the molecule is C=CCc1cc(C=Nn2c([C@@H](C)CC)nc3ccc(Br)cc3c2=O)cc(OCC)c1OCC(=O)O. The topological polar surface area (TPSA) is 103 Å². The van der Waals surface area contributed by atoms with E-state index in [0.29, 0.717) is 52.4 Å². The quantitative estimate of drug-likeness (QED) is 0.266. The Labute approximate surface area is 212 Å². The molecule has 184 valence electrons. The van der Waals surface area contributed by atoms with Crippen LogP contribution in [0.4, 0.5) is 0 Å². The van der Waals surface area contributed by atoms with Crippen molar-refractivity contribution < 1.29 is 19.4 Å². The summed E-state index contributed by atoms with van der Waals surface area (Å²) >= 11 is 3.42. The summed E-state index contributed by atoms with van der Waals surface area (Å²) in [6, 6.07) is 8.92. The van der Waals surface area contributed by atoms with Crippen LogP contribution in [-0.2, 0) is 11.2 Å². The Balaban J connectivity index is 2.15. The lowest BCUT2D eigenvalue weighted by atomic mass is 10.1. The van der Waals surface area contributed by atoms with E-state index >= 15 is 0 Å². The number of halogens is 1. The Morgan fingerprint density at radius 1 is 1.29 bits per heavy atom. The number of nitrogens with zero attached hydrogens (tertiary/aromatic N) is 3. The van der Waals surface area contributed by atoms with Crippen LogP contribution < -0.4 is 15.0 Å². The fourth-order valence-corrected chi connectivity index (χ4v) is 3.89. The lowest BCUT2D eigenvalue weighted by Gasteiger charge is -2.16. The predicted molar refractivity (Wildman–Crippen MR) is 140 cm³/mol. The highest BCUT2D eigenvalue weighted by Crippen LogP contribution is 2.33. The Bertz CT molecular complexity index is 1330. The molecule has 0 saturated heterocycles. The molecule has 35 heavy (non-hydrogen) atoms. The number of aliphatic carboxylic acids is 1. The van der Waals surface area contributed by atoms with Crippen molar-refractivity contribution >= 4 is 39.0 Å². The number of fused-ring (bicyclic) bond motifs is 1. The van der Waals surface area contributed by atoms with Gasteiger partial charge in [-0.1, -0.05) is 35.9 Å². The zero-order valence-electron chi connectivity index (χ0n) is 20.0. The van der Waals surface area contributed by atoms with Crippen LogP contribution in [-0.4, -0.2) is 40.2 Å². The number of aromatic nitrogens is 2. The second kappa shape index (κ2) is 11.8. The van der Waals surface area contributed by atoms with Gasteiger partial charge in [0.2, 0.25) is 0 Å². The summed E-state index contributed by atoms with van der Waals surface area (Å²) in [5.74, 6) is 0.233. The molecule has 0 spiro atoms. The lowest BCUT2D eigenvalue weighted by molar-refractivity contribution is -0.139. The molecule has 0 fully saturated rings. The van der Waals surface area contributed by atoms with Crippen LogP contribution in [0.5, 0.6) is 11.5 Å². The normalized spacial score (nSPS) is 12.1. The first-order valence-electron chi connectivity index (χ1n) is 11.3. The van der Waals surface area contributed by atoms with Crippen molar-refractivity contribution in [3.05, 3.63) is 74.8 Å². The maximum Gasteiger partial charge on any atom is 0.341 e. The number of rotatable bonds is 11. The molecule has 0 saturated carbocycles. The molecule has 0 aliphatic carbocycles. The van der Waals surface area contributed by atoms with Crippen LogP contribution in [0.2, 0.25) is 0 Å². The van der Waals surface area contributed by atoms with Gasteiger partial charge in [-0.15, -0.1) is 6.58 Å². The average Bonchev–Trinajstić information content (AvgIpc) is 2.83. The van der Waals surface area contributed by atoms with Crippen LogP contribution in [0.1, 0.15) is 50.1 Å². The van der Waals surface area contributed by atoms with Crippen LogP contribution in [0, 0.1) is 0 Å². The number of hydrogen-bond acceptors (Lipinski definition) is 6. The molecule has 3 rings (SSSR count). The zero-order valence-corrected chi connectivity index (χ0v) is 21.5. The van der Waals surface area contributed by atoms with E-state index in [0.717, 1.165) is 10.9 Å². The number of carbonyl (C=O) groups is 1. The van der Waals surface area contributed by atoms with E-state index in [1.165, 1.54) is 4.68 Å². The summed E-state index contributed by atoms with van der Waals surface area (Å²) in [6.07, 6.45) is 4.48. The highest BCUT2D eigenvalue weighted by Gasteiger charge is 2.17. The van der Waals surface area contributed by atoms with Gasteiger partial charge in [-0.25, -0.2) is 9.78 Å². The molecule has 0 unspecified atom stereocenters. The first kappa shape index (κ1) is 26.2. The molecule has 3 aromatic rings. The van der Waals surface area contributed by atoms with Gasteiger partial charge in [0.15, 0.2) is 18.1 Å². The molecule has 1 aromatic heterocycles. The lowest BCUT2D eigenvalue weighted by Crippen LogP contribution is -2.23. The van der Waals surface area contributed by atoms with Gasteiger partial charge in [0.1, 0.15) is 5.82 Å². The van der Waals surface area contributed by atoms with Crippen molar-refractivity contribution in [1.29, 1.82) is 0 Å². The summed E-state index contributed by atoms with van der Waals surface area (Å²) in [7, 11) is 0. The number of ether oxygens (including phenoxy) is 2. The van der Waals surface area contributed by atoms with Crippen molar-refractivity contribution in [3.8, 4) is 11.5 Å². The van der Waals surface area contributed by atoms with E-state index in [2.05, 4.69) is 27.6 Å². The Morgan fingerprint density at radius 2 is 2.06 bits per heavy atom. The van der Waals surface area contributed by atoms with Gasteiger partial charge in [-0.3, -0.25) is 4.79 Å². The summed E-state index contributed by atoms with van der Waals surface area (Å²) in [6.45, 7) is 9.50. The molecule has 0 aliphatic heterocycles. The molecule has 2 aromatic carbocycles. The maximum absolute atomic E-state index is 13.4. The largest absolute Gasteiger partial charge is 0.490 e. The molecule has 0 amide bonds. The number of carboxylic acid groups (broad SMARTS) is 1. The van der Waals surface area contributed by atoms with Crippen molar-refractivity contribution in [3.63, 3.8) is 0 Å². The van der Waals surface area contributed by atoms with Crippen molar-refractivity contribution in [2.45, 2.75) is 39.5 Å². The Kier molecular flexibility index (Phi) is 8.81. The van der Waals surface area contributed by atoms with Crippen LogP contribution >= 0.6 is 15.9 Å². The van der Waals surface area contributed by atoms with Gasteiger partial charge in [0.25, 0.3) is 5.56 Å². The molecular weight excluding hydrogens is 514 g/mol. The van der Waals surface area contributed by atoms with E-state index in [1.807, 2.05) is 39.0 Å². The molecule has 0 bridgehead atoms. The minimum Gasteiger partial charge on any atom is -0.490 e. The van der Waals surface area contributed by atoms with Gasteiger partial charge in [0, 0.05) is 16.0 Å². The Hall–Kier alpha value is -3.46. The van der Waals surface area contributed by atoms with Crippen LogP contribution in [0.25, 0.3) is 10.9 Å². The van der Waals surface area contributed by atoms with Crippen molar-refractivity contribution in [2.24, 2.45) is 5.10 Å². The third kappa shape index (κ3) is 6.16. The number of benzene rings is 2. The fraction of sp³-hybridized carbons (Fsp3) is 0.308. The minimum absolute atomic E-state index is 0.00926. The van der Waals surface area contributed by atoms with Gasteiger partial charge < -0.3 is 14.6 Å². The third-order valence-corrected chi connectivity index (χ3v) is 5.86. The number of carboxylic acids is 1. The molecule has 1 heterocycles. The van der Waals surface area contributed by atoms with E-state index in [9.17, 15) is 9.59 Å². The number of hydrogen-bond donors (Lipinski definition) is 1. The summed E-state index contributed by atoms with van der Waals surface area (Å²) in [5, 5.41) is 14.0. The first-order chi connectivity index (χ1) is 16.8. The molecule has 0 radical (unpaired) electrons. The minimum atomic E-state index is -1.09. The summed E-state index contributed by atoms with van der Waals surface area (Å²) in [4.78, 5) is 29.1. The first-order valence-corrected chi connectivity index (χ1v) is 12.1. The van der Waals surface area contributed by atoms with Crippen molar-refractivity contribution in [2.75, 3.05) is 13.2 Å². The standard InChI is InChI=1S/C26H28BrN3O5/c1-5-8-18-11-17(12-22(34-7-3)24(18)35-15-23(31)32)14-28-30-25(16(4)6-2)29-21-10-9-19(27)13-20(21)26(30)33/h5,9-14,16H,1,6-8,15H2,2-4H3,(H,31,32)/t16-/m0/s1. The van der Waals surface area contributed by atoms with Crippen LogP contribution in [0.3, 0.4) is 0 Å². The second-order valence-electron chi connectivity index (χ2n) is 7.92. The zero-order chi connectivity index (χ0) is 25.5. The smallest absolute Gasteiger partial charge is 0.341 e. The average molecular weight is 542 g/mol. The molecule has 0 aliphatic rings.